The SMILES string of the molecule is COC(=O)CC(=O)c1c(C)c(Br)c(C)c(C)c1OC. The number of benzene rings is 1. The van der Waals surface area contributed by atoms with Crippen molar-refractivity contribution >= 4 is 27.7 Å². The number of ether oxygens (including phenoxy) is 2. The van der Waals surface area contributed by atoms with Crippen LogP contribution in [0.4, 0.5) is 0 Å². The number of halogens is 1. The van der Waals surface area contributed by atoms with E-state index in [1.54, 1.807) is 0 Å². The fraction of sp³-hybridized carbons (Fsp3) is 0.429. The molecule has 1 rings (SSSR count). The summed E-state index contributed by atoms with van der Waals surface area (Å²) >= 11 is 3.47. The van der Waals surface area contributed by atoms with Crippen molar-refractivity contribution < 1.29 is 19.1 Å². The van der Waals surface area contributed by atoms with Gasteiger partial charge in [-0.1, -0.05) is 15.9 Å². The van der Waals surface area contributed by atoms with Gasteiger partial charge in [0.1, 0.15) is 12.2 Å². The summed E-state index contributed by atoms with van der Waals surface area (Å²) < 4.78 is 10.7. The van der Waals surface area contributed by atoms with Crippen molar-refractivity contribution in [1.82, 2.24) is 0 Å². The number of hydrogen-bond acceptors (Lipinski definition) is 4. The third-order valence-corrected chi connectivity index (χ3v) is 4.37. The van der Waals surface area contributed by atoms with Gasteiger partial charge in [-0.05, 0) is 37.5 Å². The molecule has 0 aliphatic carbocycles. The van der Waals surface area contributed by atoms with E-state index in [4.69, 9.17) is 4.74 Å². The number of rotatable bonds is 4. The van der Waals surface area contributed by atoms with Crippen LogP contribution in [0.1, 0.15) is 33.5 Å². The zero-order valence-corrected chi connectivity index (χ0v) is 13.3. The zero-order chi connectivity index (χ0) is 14.7. The Balaban J connectivity index is 3.42. The van der Waals surface area contributed by atoms with Crippen LogP contribution in [0.25, 0.3) is 0 Å². The first-order chi connectivity index (χ1) is 8.84. The number of esters is 1. The summed E-state index contributed by atoms with van der Waals surface area (Å²) in [5.74, 6) is -0.335. The zero-order valence-electron chi connectivity index (χ0n) is 11.7. The van der Waals surface area contributed by atoms with Gasteiger partial charge in [0.05, 0.1) is 19.8 Å². The maximum atomic E-state index is 12.2. The van der Waals surface area contributed by atoms with Gasteiger partial charge < -0.3 is 9.47 Å². The third-order valence-electron chi connectivity index (χ3n) is 3.18. The van der Waals surface area contributed by atoms with E-state index in [1.165, 1.54) is 14.2 Å². The van der Waals surface area contributed by atoms with E-state index >= 15 is 0 Å². The summed E-state index contributed by atoms with van der Waals surface area (Å²) in [6, 6.07) is 0. The first kappa shape index (κ1) is 15.7. The number of ketones is 1. The molecule has 0 aromatic heterocycles. The van der Waals surface area contributed by atoms with Crippen LogP contribution in [-0.4, -0.2) is 26.0 Å². The fourth-order valence-electron chi connectivity index (χ4n) is 1.97. The Labute approximate surface area is 121 Å². The van der Waals surface area contributed by atoms with Gasteiger partial charge in [0.15, 0.2) is 5.78 Å². The molecule has 1 aromatic carbocycles. The van der Waals surface area contributed by atoms with E-state index in [1.807, 2.05) is 20.8 Å². The van der Waals surface area contributed by atoms with Gasteiger partial charge >= 0.3 is 5.97 Å². The normalized spacial score (nSPS) is 10.2. The van der Waals surface area contributed by atoms with Crippen molar-refractivity contribution in [3.05, 3.63) is 26.7 Å². The van der Waals surface area contributed by atoms with E-state index in [9.17, 15) is 9.59 Å². The van der Waals surface area contributed by atoms with Crippen molar-refractivity contribution in [3.8, 4) is 5.75 Å². The Hall–Kier alpha value is -1.36. The minimum absolute atomic E-state index is 0.289. The number of carbonyl (C=O) groups is 2. The van der Waals surface area contributed by atoms with Crippen LogP contribution in [0.2, 0.25) is 0 Å². The summed E-state index contributed by atoms with van der Waals surface area (Å²) in [6.45, 7) is 5.65. The van der Waals surface area contributed by atoms with Crippen LogP contribution in [0.3, 0.4) is 0 Å². The number of Topliss-reactive ketones (excluding diaryl/α,β-unsaturated/α-hetero) is 1. The highest BCUT2D eigenvalue weighted by Crippen LogP contribution is 2.36. The monoisotopic (exact) mass is 328 g/mol. The second-order valence-corrected chi connectivity index (χ2v) is 5.07. The van der Waals surface area contributed by atoms with Crippen molar-refractivity contribution in [2.75, 3.05) is 14.2 Å². The number of carbonyl (C=O) groups excluding carboxylic acids is 2. The Morgan fingerprint density at radius 3 is 2.11 bits per heavy atom. The molecule has 0 heterocycles. The van der Waals surface area contributed by atoms with Crippen LogP contribution >= 0.6 is 15.9 Å². The molecule has 5 heteroatoms. The molecule has 0 saturated heterocycles. The highest BCUT2D eigenvalue weighted by Gasteiger charge is 2.23. The van der Waals surface area contributed by atoms with Crippen LogP contribution in [0.5, 0.6) is 5.75 Å². The quantitative estimate of drug-likeness (QED) is 0.484. The van der Waals surface area contributed by atoms with Crippen molar-refractivity contribution in [2.45, 2.75) is 27.2 Å². The Bertz CT molecular complexity index is 535. The minimum atomic E-state index is -0.555. The van der Waals surface area contributed by atoms with Crippen LogP contribution < -0.4 is 4.74 Å². The molecule has 104 valence electrons. The topological polar surface area (TPSA) is 52.6 Å². The summed E-state index contributed by atoms with van der Waals surface area (Å²) in [7, 11) is 2.78. The van der Waals surface area contributed by atoms with Gasteiger partial charge in [-0.25, -0.2) is 0 Å². The molecule has 0 atom stereocenters. The smallest absolute Gasteiger partial charge is 0.313 e. The maximum absolute atomic E-state index is 12.2. The highest BCUT2D eigenvalue weighted by atomic mass is 79.9. The number of hydrogen-bond donors (Lipinski definition) is 0. The standard InChI is InChI=1S/C14H17BrO4/c1-7-8(2)14(19-5)12(9(3)13(7)15)10(16)6-11(17)18-4/h6H2,1-5H3. The summed E-state index contributed by atoms with van der Waals surface area (Å²) in [4.78, 5) is 23.5. The second-order valence-electron chi connectivity index (χ2n) is 4.27. The van der Waals surface area contributed by atoms with E-state index in [-0.39, 0.29) is 12.2 Å². The molecular weight excluding hydrogens is 312 g/mol. The lowest BCUT2D eigenvalue weighted by Crippen LogP contribution is -2.13. The molecule has 0 aliphatic rings. The van der Waals surface area contributed by atoms with Gasteiger partial charge in [-0.3, -0.25) is 9.59 Å². The molecule has 19 heavy (non-hydrogen) atoms. The Morgan fingerprint density at radius 1 is 1.05 bits per heavy atom. The molecule has 0 bridgehead atoms. The van der Waals surface area contributed by atoms with Crippen molar-refractivity contribution in [3.63, 3.8) is 0 Å². The molecule has 0 aliphatic heterocycles. The Morgan fingerprint density at radius 2 is 1.63 bits per heavy atom. The summed E-state index contributed by atoms with van der Waals surface area (Å²) in [5.41, 5.74) is 3.11. The van der Waals surface area contributed by atoms with Gasteiger partial charge in [-0.15, -0.1) is 0 Å². The Kier molecular flexibility index (Phi) is 5.11. The molecule has 4 nitrogen and oxygen atoms in total. The van der Waals surface area contributed by atoms with Crippen LogP contribution in [0.15, 0.2) is 4.47 Å². The molecule has 0 amide bonds. The molecular formula is C14H17BrO4. The van der Waals surface area contributed by atoms with E-state index in [0.717, 1.165) is 21.2 Å². The van der Waals surface area contributed by atoms with Gasteiger partial charge in [-0.2, -0.15) is 0 Å². The fourth-order valence-corrected chi connectivity index (χ4v) is 2.46. The summed E-state index contributed by atoms with van der Waals surface area (Å²) in [5, 5.41) is 0. The lowest BCUT2D eigenvalue weighted by Gasteiger charge is -2.17. The van der Waals surface area contributed by atoms with Gasteiger partial charge in [0.2, 0.25) is 0 Å². The predicted octanol–water partition coefficient (Wildman–Crippen LogP) is 3.13. The lowest BCUT2D eigenvalue weighted by molar-refractivity contribution is -0.139. The minimum Gasteiger partial charge on any atom is -0.496 e. The van der Waals surface area contributed by atoms with E-state index < -0.39 is 5.97 Å². The average Bonchev–Trinajstić information content (AvgIpc) is 2.39. The maximum Gasteiger partial charge on any atom is 0.313 e. The van der Waals surface area contributed by atoms with Gasteiger partial charge in [0, 0.05) is 4.47 Å². The third kappa shape index (κ3) is 2.97. The molecule has 0 N–H and O–H groups in total. The second kappa shape index (κ2) is 6.19. The first-order valence-electron chi connectivity index (χ1n) is 5.78. The molecule has 0 radical (unpaired) electrons. The highest BCUT2D eigenvalue weighted by molar-refractivity contribution is 9.10. The van der Waals surface area contributed by atoms with Crippen LogP contribution in [-0.2, 0) is 9.53 Å². The molecule has 0 saturated carbocycles. The largest absolute Gasteiger partial charge is 0.496 e. The van der Waals surface area contributed by atoms with Crippen LogP contribution in [0, 0.1) is 20.8 Å². The summed E-state index contributed by atoms with van der Waals surface area (Å²) in [6.07, 6.45) is -0.289. The first-order valence-corrected chi connectivity index (χ1v) is 6.57. The van der Waals surface area contributed by atoms with E-state index in [0.29, 0.717) is 11.3 Å². The molecule has 0 unspecified atom stereocenters. The molecule has 0 fully saturated rings. The van der Waals surface area contributed by atoms with E-state index in [2.05, 4.69) is 20.7 Å². The predicted molar refractivity (Wildman–Crippen MR) is 75.9 cm³/mol. The molecule has 1 aromatic rings. The lowest BCUT2D eigenvalue weighted by atomic mass is 9.95. The van der Waals surface area contributed by atoms with Crippen molar-refractivity contribution in [1.29, 1.82) is 0 Å². The van der Waals surface area contributed by atoms with Gasteiger partial charge in [0.25, 0.3) is 0 Å². The number of methoxy groups -OCH3 is 2. The van der Waals surface area contributed by atoms with Crippen molar-refractivity contribution in [2.24, 2.45) is 0 Å². The average molecular weight is 329 g/mol. The molecule has 0 spiro atoms.